The number of carbonyl (C=O) groups is 2. The first-order chi connectivity index (χ1) is 17.0. The van der Waals surface area contributed by atoms with Gasteiger partial charge in [-0.1, -0.05) is 36.4 Å². The molecule has 1 heterocycles. The summed E-state index contributed by atoms with van der Waals surface area (Å²) in [6.45, 7) is 1.96. The molecule has 0 spiro atoms. The fraction of sp³-hybridized carbons (Fsp3) is 0.481. The number of rotatable bonds is 9. The summed E-state index contributed by atoms with van der Waals surface area (Å²) in [4.78, 5) is 24.4. The van der Waals surface area contributed by atoms with Gasteiger partial charge in [0.15, 0.2) is 0 Å². The predicted molar refractivity (Wildman–Crippen MR) is 131 cm³/mol. The van der Waals surface area contributed by atoms with Gasteiger partial charge >= 0.3 is 11.9 Å². The molecule has 2 aliphatic rings. The Labute approximate surface area is 205 Å². The maximum absolute atomic E-state index is 13.6. The van der Waals surface area contributed by atoms with E-state index in [0.717, 1.165) is 41.9 Å². The van der Waals surface area contributed by atoms with Crippen LogP contribution in [0.15, 0.2) is 42.5 Å². The van der Waals surface area contributed by atoms with E-state index in [9.17, 15) is 19.9 Å². The molecule has 0 radical (unpaired) electrons. The molecule has 1 aliphatic carbocycles. The maximum atomic E-state index is 13.6. The number of ether oxygens (including phenoxy) is 2. The maximum Gasteiger partial charge on any atom is 0.323 e. The Morgan fingerprint density at radius 2 is 1.91 bits per heavy atom. The number of hydroxylamine groups is 2. The van der Waals surface area contributed by atoms with Crippen LogP contribution in [0.3, 0.4) is 0 Å². The lowest BCUT2D eigenvalue weighted by Crippen LogP contribution is -2.53. The van der Waals surface area contributed by atoms with E-state index in [0.29, 0.717) is 24.2 Å². The molecule has 0 bridgehead atoms. The summed E-state index contributed by atoms with van der Waals surface area (Å²) in [7, 11) is 0. The molecule has 2 aromatic carbocycles. The number of carboxylic acids is 1. The number of aliphatic carboxylic acids is 1. The van der Waals surface area contributed by atoms with Gasteiger partial charge in [-0.25, -0.2) is 0 Å². The summed E-state index contributed by atoms with van der Waals surface area (Å²) in [6, 6.07) is 12.0. The lowest BCUT2D eigenvalue weighted by atomic mass is 9.88. The lowest BCUT2D eigenvalue weighted by Gasteiger charge is -2.42. The van der Waals surface area contributed by atoms with Crippen molar-refractivity contribution in [3.8, 4) is 5.75 Å². The Bertz CT molecular complexity index is 1030. The number of aryl methyl sites for hydroxylation is 3. The second kappa shape index (κ2) is 11.7. The van der Waals surface area contributed by atoms with Gasteiger partial charge in [0, 0.05) is 11.6 Å². The zero-order chi connectivity index (χ0) is 24.8. The van der Waals surface area contributed by atoms with Crippen molar-refractivity contribution in [2.24, 2.45) is 0 Å². The normalized spacial score (nSPS) is 20.6. The van der Waals surface area contributed by atoms with Gasteiger partial charge in [0.25, 0.3) is 0 Å². The second-order valence-electron chi connectivity index (χ2n) is 9.16. The Kier molecular flexibility index (Phi) is 8.38. The van der Waals surface area contributed by atoms with Crippen molar-refractivity contribution in [3.05, 3.63) is 69.9 Å². The predicted octanol–water partition coefficient (Wildman–Crippen LogP) is 3.75. The Hall–Kier alpha value is -2.94. The molecule has 0 saturated carbocycles. The zero-order valence-corrected chi connectivity index (χ0v) is 20.1. The fourth-order valence-electron chi connectivity index (χ4n) is 4.95. The highest BCUT2D eigenvalue weighted by Crippen LogP contribution is 2.39. The van der Waals surface area contributed by atoms with Gasteiger partial charge in [-0.2, -0.15) is 0 Å². The third-order valence-corrected chi connectivity index (χ3v) is 6.74. The van der Waals surface area contributed by atoms with Gasteiger partial charge in [0.05, 0.1) is 19.2 Å². The minimum Gasteiger partial charge on any atom is -0.784 e. The van der Waals surface area contributed by atoms with Crippen LogP contribution < -0.4 is 10.1 Å². The molecule has 8 heteroatoms. The highest BCUT2D eigenvalue weighted by molar-refractivity contribution is 5.75. The molecule has 0 saturated heterocycles. The number of carboxylic acid groups (broad SMARTS) is 1. The van der Waals surface area contributed by atoms with E-state index >= 15 is 0 Å². The monoisotopic (exact) mass is 481 g/mol. The second-order valence-corrected chi connectivity index (χ2v) is 9.16. The Morgan fingerprint density at radius 1 is 1.20 bits per heavy atom. The number of fused-ring (bicyclic) bond motifs is 2. The van der Waals surface area contributed by atoms with E-state index in [1.807, 2.05) is 42.5 Å². The summed E-state index contributed by atoms with van der Waals surface area (Å²) in [5.41, 5.74) is 4.02. The van der Waals surface area contributed by atoms with Gasteiger partial charge in [0.2, 0.25) is 0 Å². The molecule has 4 rings (SSSR count). The van der Waals surface area contributed by atoms with Crippen LogP contribution >= 0.6 is 0 Å². The van der Waals surface area contributed by atoms with Crippen LogP contribution in [-0.4, -0.2) is 47.5 Å². The zero-order valence-electron chi connectivity index (χ0n) is 20.1. The summed E-state index contributed by atoms with van der Waals surface area (Å²) < 4.78 is 11.3. The van der Waals surface area contributed by atoms with Crippen molar-refractivity contribution >= 4 is 11.9 Å². The molecular weight excluding hydrogens is 448 g/mol. The molecule has 2 aromatic rings. The summed E-state index contributed by atoms with van der Waals surface area (Å²) >= 11 is 0. The van der Waals surface area contributed by atoms with Crippen molar-refractivity contribution in [2.45, 2.75) is 70.1 Å². The van der Waals surface area contributed by atoms with E-state index in [1.165, 1.54) is 5.56 Å². The van der Waals surface area contributed by atoms with E-state index in [2.05, 4.69) is 5.32 Å². The minimum absolute atomic E-state index is 0.00729. The van der Waals surface area contributed by atoms with Crippen LogP contribution in [0.2, 0.25) is 0 Å². The van der Waals surface area contributed by atoms with E-state index < -0.39 is 30.2 Å². The molecule has 2 N–H and O–H groups in total. The largest absolute Gasteiger partial charge is 0.784 e. The van der Waals surface area contributed by atoms with Gasteiger partial charge in [0.1, 0.15) is 18.4 Å². The molecule has 0 amide bonds. The first-order valence-electron chi connectivity index (χ1n) is 12.4. The number of hydrogen-bond acceptors (Lipinski definition) is 7. The molecule has 1 aliphatic heterocycles. The van der Waals surface area contributed by atoms with E-state index in [4.69, 9.17) is 9.47 Å². The SMILES string of the molecule is CCOC(=O)C(CCc1ccccc1)N[C@@H]1COc2cc3c(cc2C(CC(=O)O)N1[O-])CCCC3. The number of hydrogen-bond donors (Lipinski definition) is 2. The minimum atomic E-state index is -1.06. The molecule has 0 aromatic heterocycles. The highest BCUT2D eigenvalue weighted by atomic mass is 16.5. The van der Waals surface area contributed by atoms with Crippen molar-refractivity contribution in [1.82, 2.24) is 10.4 Å². The number of nitrogens with zero attached hydrogens (tertiary/aromatic N) is 1. The Balaban J connectivity index is 1.57. The van der Waals surface area contributed by atoms with Crippen molar-refractivity contribution < 1.29 is 24.2 Å². The molecule has 8 nitrogen and oxygen atoms in total. The molecule has 3 atom stereocenters. The van der Waals surface area contributed by atoms with Gasteiger partial charge < -0.3 is 24.9 Å². The third kappa shape index (κ3) is 6.20. The number of benzene rings is 2. The standard InChI is InChI=1S/C27H33N2O6/c1-2-34-27(32)22(13-12-18-8-4-3-5-9-18)28-25-17-35-24-15-20-11-7-6-10-19(20)14-21(24)23(29(25)33)16-26(30)31/h3-5,8-9,14-15,22-23,25,28H,2,6-7,10-13,16-17H2,1H3,(H,30,31)/q-1/t22?,23?,25-/m0/s1. The van der Waals surface area contributed by atoms with Gasteiger partial charge in [-0.15, -0.1) is 0 Å². The molecule has 35 heavy (non-hydrogen) atoms. The van der Waals surface area contributed by atoms with Crippen LogP contribution in [0, 0.1) is 5.21 Å². The van der Waals surface area contributed by atoms with Crippen LogP contribution in [0.4, 0.5) is 0 Å². The first-order valence-corrected chi connectivity index (χ1v) is 12.4. The summed E-state index contributed by atoms with van der Waals surface area (Å²) in [5, 5.41) is 27.0. The van der Waals surface area contributed by atoms with E-state index in [-0.39, 0.29) is 19.6 Å². The van der Waals surface area contributed by atoms with Crippen LogP contribution in [0.5, 0.6) is 5.75 Å². The van der Waals surface area contributed by atoms with Crippen LogP contribution in [0.25, 0.3) is 0 Å². The summed E-state index contributed by atoms with van der Waals surface area (Å²) in [6.07, 6.45) is 3.82. The number of nitrogens with one attached hydrogen (secondary N) is 1. The quantitative estimate of drug-likeness (QED) is 0.521. The van der Waals surface area contributed by atoms with Gasteiger partial charge in [-0.05, 0) is 68.2 Å². The third-order valence-electron chi connectivity index (χ3n) is 6.74. The fourth-order valence-corrected chi connectivity index (χ4v) is 4.95. The van der Waals surface area contributed by atoms with Crippen molar-refractivity contribution in [1.29, 1.82) is 0 Å². The van der Waals surface area contributed by atoms with Crippen molar-refractivity contribution in [2.75, 3.05) is 13.2 Å². The van der Waals surface area contributed by atoms with Gasteiger partial charge in [-0.3, -0.25) is 14.9 Å². The molecule has 188 valence electrons. The topological polar surface area (TPSA) is 111 Å². The highest BCUT2D eigenvalue weighted by Gasteiger charge is 2.33. The number of carbonyl (C=O) groups excluding carboxylic acids is 1. The molecular formula is C27H33N2O6-. The average molecular weight is 482 g/mol. The first kappa shape index (κ1) is 25.2. The van der Waals surface area contributed by atoms with E-state index in [1.54, 1.807) is 6.92 Å². The summed E-state index contributed by atoms with van der Waals surface area (Å²) in [5.74, 6) is -0.950. The molecule has 0 fully saturated rings. The van der Waals surface area contributed by atoms with Crippen LogP contribution in [-0.2, 0) is 33.6 Å². The Morgan fingerprint density at radius 3 is 2.60 bits per heavy atom. The van der Waals surface area contributed by atoms with Crippen molar-refractivity contribution in [3.63, 3.8) is 0 Å². The van der Waals surface area contributed by atoms with Crippen LogP contribution in [0.1, 0.15) is 60.9 Å². The average Bonchev–Trinajstić information content (AvgIpc) is 2.97. The number of esters is 1. The molecule has 2 unspecified atom stereocenters. The lowest BCUT2D eigenvalue weighted by molar-refractivity contribution is -0.147. The smallest absolute Gasteiger partial charge is 0.323 e.